The van der Waals surface area contributed by atoms with E-state index in [0.29, 0.717) is 19.4 Å². The van der Waals surface area contributed by atoms with Crippen LogP contribution in [0.2, 0.25) is 0 Å². The lowest BCUT2D eigenvalue weighted by atomic mass is 10.1. The van der Waals surface area contributed by atoms with E-state index in [1.165, 1.54) is 7.11 Å². The van der Waals surface area contributed by atoms with Gasteiger partial charge in [0.05, 0.1) is 12.8 Å². The zero-order valence-corrected chi connectivity index (χ0v) is 14.4. The second-order valence-corrected chi connectivity index (χ2v) is 5.45. The van der Waals surface area contributed by atoms with Gasteiger partial charge in [-0.3, -0.25) is 9.59 Å². The van der Waals surface area contributed by atoms with Crippen molar-refractivity contribution in [2.75, 3.05) is 27.2 Å². The number of azo groups is 1. The molecule has 0 bridgehead atoms. The quantitative estimate of drug-likeness (QED) is 0.354. The van der Waals surface area contributed by atoms with Crippen LogP contribution < -0.4 is 5.32 Å². The van der Waals surface area contributed by atoms with Crippen LogP contribution in [-0.4, -0.2) is 53.9 Å². The summed E-state index contributed by atoms with van der Waals surface area (Å²) < 4.78 is 6.77. The van der Waals surface area contributed by atoms with E-state index in [1.807, 2.05) is 14.0 Å². The van der Waals surface area contributed by atoms with Gasteiger partial charge in [-0.05, 0) is 14.0 Å². The lowest BCUT2D eigenvalue weighted by Gasteiger charge is -2.21. The van der Waals surface area contributed by atoms with Crippen LogP contribution in [0.5, 0.6) is 0 Å². The topological polar surface area (TPSA) is 101 Å². The summed E-state index contributed by atoms with van der Waals surface area (Å²) in [5.41, 5.74) is 1.83. The fraction of sp³-hybridized carbons (Fsp3) is 0.533. The highest BCUT2D eigenvalue weighted by atomic mass is 16.5. The molecule has 1 aliphatic heterocycles. The number of rotatable bonds is 6. The van der Waals surface area contributed by atoms with Crippen LogP contribution in [0.1, 0.15) is 28.9 Å². The number of nitrogens with one attached hydrogen (secondary N) is 1. The number of ether oxygens (including phenoxy) is 1. The summed E-state index contributed by atoms with van der Waals surface area (Å²) in [7, 11) is 5.20. The smallest absolute Gasteiger partial charge is 0.331 e. The average Bonchev–Trinajstić information content (AvgIpc) is 2.90. The summed E-state index contributed by atoms with van der Waals surface area (Å²) >= 11 is 0. The summed E-state index contributed by atoms with van der Waals surface area (Å²) in [6.45, 7) is 4.00. The number of amides is 1. The number of carbonyl (C=O) groups is 2. The Hall–Kier alpha value is -2.55. The van der Waals surface area contributed by atoms with E-state index in [2.05, 4.69) is 25.4 Å². The molecule has 2 heterocycles. The van der Waals surface area contributed by atoms with Gasteiger partial charge in [0, 0.05) is 38.8 Å². The van der Waals surface area contributed by atoms with E-state index in [4.69, 9.17) is 4.74 Å². The van der Waals surface area contributed by atoms with Crippen LogP contribution in [-0.2, 0) is 29.5 Å². The second-order valence-electron chi connectivity index (χ2n) is 5.45. The van der Waals surface area contributed by atoms with E-state index < -0.39 is 5.91 Å². The molecule has 0 unspecified atom stereocenters. The Morgan fingerprint density at radius 1 is 1.42 bits per heavy atom. The molecule has 24 heavy (non-hydrogen) atoms. The standard InChI is InChI=1S/C15H22N6O3/c1-5-16-15(24-4)11(9-22)18-19-14(23)13-17-10-8-20(2)7-6-12(10)21(13)3/h9,16H,5-8H2,1-4H3. The van der Waals surface area contributed by atoms with E-state index in [9.17, 15) is 9.59 Å². The minimum atomic E-state index is -0.596. The molecule has 0 saturated heterocycles. The number of imidazole rings is 1. The summed E-state index contributed by atoms with van der Waals surface area (Å²) in [4.78, 5) is 29.9. The van der Waals surface area contributed by atoms with E-state index >= 15 is 0 Å². The first-order valence-electron chi connectivity index (χ1n) is 7.68. The second kappa shape index (κ2) is 7.82. The van der Waals surface area contributed by atoms with Gasteiger partial charge in [0.2, 0.25) is 11.7 Å². The van der Waals surface area contributed by atoms with Crippen LogP contribution in [0.4, 0.5) is 0 Å². The monoisotopic (exact) mass is 334 g/mol. The highest BCUT2D eigenvalue weighted by molar-refractivity contribution is 5.91. The Bertz CT molecular complexity index is 692. The molecule has 0 spiro atoms. The van der Waals surface area contributed by atoms with Gasteiger partial charge < -0.3 is 19.5 Å². The van der Waals surface area contributed by atoms with Crippen LogP contribution in [0, 0.1) is 0 Å². The first-order valence-corrected chi connectivity index (χ1v) is 7.68. The maximum absolute atomic E-state index is 12.3. The number of fused-ring (bicyclic) bond motifs is 1. The maximum Gasteiger partial charge on any atom is 0.331 e. The summed E-state index contributed by atoms with van der Waals surface area (Å²) in [6.07, 6.45) is 1.31. The number of hydrogen-bond acceptors (Lipinski definition) is 7. The molecule has 0 radical (unpaired) electrons. The molecule has 0 atom stereocenters. The number of carbonyl (C=O) groups excluding carboxylic acids is 2. The normalized spacial score (nSPS) is 15.8. The number of aromatic nitrogens is 2. The van der Waals surface area contributed by atoms with Gasteiger partial charge in [-0.25, -0.2) is 4.98 Å². The van der Waals surface area contributed by atoms with Crippen molar-refractivity contribution in [3.63, 3.8) is 0 Å². The first-order chi connectivity index (χ1) is 11.5. The maximum atomic E-state index is 12.3. The molecule has 1 aliphatic rings. The lowest BCUT2D eigenvalue weighted by Crippen LogP contribution is -2.27. The van der Waals surface area contributed by atoms with Gasteiger partial charge in [-0.2, -0.15) is 0 Å². The molecule has 0 saturated carbocycles. The molecule has 0 fully saturated rings. The summed E-state index contributed by atoms with van der Waals surface area (Å²) in [5.74, 6) is -0.211. The highest BCUT2D eigenvalue weighted by Gasteiger charge is 2.23. The van der Waals surface area contributed by atoms with Crippen molar-refractivity contribution in [3.8, 4) is 0 Å². The van der Waals surface area contributed by atoms with Crippen molar-refractivity contribution in [2.45, 2.75) is 19.9 Å². The Morgan fingerprint density at radius 2 is 2.17 bits per heavy atom. The number of allylic oxidation sites excluding steroid dienone is 1. The Labute approximate surface area is 140 Å². The third kappa shape index (κ3) is 3.67. The summed E-state index contributed by atoms with van der Waals surface area (Å²) in [6, 6.07) is 0. The van der Waals surface area contributed by atoms with Gasteiger partial charge in [0.15, 0.2) is 12.0 Å². The van der Waals surface area contributed by atoms with Crippen molar-refractivity contribution in [1.82, 2.24) is 19.8 Å². The molecule has 1 aromatic heterocycles. The minimum Gasteiger partial charge on any atom is -0.481 e. The molecule has 9 nitrogen and oxygen atoms in total. The zero-order chi connectivity index (χ0) is 17.7. The van der Waals surface area contributed by atoms with Crippen molar-refractivity contribution >= 4 is 12.2 Å². The van der Waals surface area contributed by atoms with E-state index in [1.54, 1.807) is 11.6 Å². The van der Waals surface area contributed by atoms with Crippen LogP contribution >= 0.6 is 0 Å². The molecular weight excluding hydrogens is 312 g/mol. The van der Waals surface area contributed by atoms with Crippen LogP contribution in [0.15, 0.2) is 21.8 Å². The molecule has 0 aromatic carbocycles. The largest absolute Gasteiger partial charge is 0.481 e. The molecule has 2 rings (SSSR count). The van der Waals surface area contributed by atoms with Crippen molar-refractivity contribution in [3.05, 3.63) is 28.8 Å². The molecular formula is C15H22N6O3. The number of methoxy groups -OCH3 is 1. The number of aldehydes is 1. The first kappa shape index (κ1) is 17.8. The molecule has 9 heteroatoms. The van der Waals surface area contributed by atoms with Crippen molar-refractivity contribution < 1.29 is 14.3 Å². The van der Waals surface area contributed by atoms with Crippen LogP contribution in [0.25, 0.3) is 0 Å². The Morgan fingerprint density at radius 3 is 2.79 bits per heavy atom. The molecule has 130 valence electrons. The van der Waals surface area contributed by atoms with E-state index in [0.717, 1.165) is 24.4 Å². The highest BCUT2D eigenvalue weighted by Crippen LogP contribution is 2.19. The Kier molecular flexibility index (Phi) is 5.80. The van der Waals surface area contributed by atoms with E-state index in [-0.39, 0.29) is 17.4 Å². The predicted octanol–water partition coefficient (Wildman–Crippen LogP) is 0.624. The zero-order valence-electron chi connectivity index (χ0n) is 14.4. The number of hydrogen-bond donors (Lipinski definition) is 1. The number of nitrogens with zero attached hydrogens (tertiary/aromatic N) is 5. The van der Waals surface area contributed by atoms with Gasteiger partial charge in [0.1, 0.15) is 0 Å². The Balaban J connectivity index is 2.25. The van der Waals surface area contributed by atoms with Gasteiger partial charge in [-0.15, -0.1) is 10.2 Å². The fourth-order valence-electron chi connectivity index (χ4n) is 2.54. The van der Waals surface area contributed by atoms with Gasteiger partial charge in [0.25, 0.3) is 0 Å². The molecule has 1 amide bonds. The number of likely N-dealkylation sites (N-methyl/N-ethyl adjacent to an activating group) is 1. The molecule has 1 N–H and O–H groups in total. The van der Waals surface area contributed by atoms with Crippen molar-refractivity contribution in [1.29, 1.82) is 0 Å². The lowest BCUT2D eigenvalue weighted by molar-refractivity contribution is -0.105. The fourth-order valence-corrected chi connectivity index (χ4v) is 2.54. The third-order valence-corrected chi connectivity index (χ3v) is 3.77. The minimum absolute atomic E-state index is 0.0774. The average molecular weight is 334 g/mol. The van der Waals surface area contributed by atoms with Gasteiger partial charge >= 0.3 is 5.91 Å². The predicted molar refractivity (Wildman–Crippen MR) is 86.2 cm³/mol. The molecule has 0 aliphatic carbocycles. The third-order valence-electron chi connectivity index (χ3n) is 3.77. The van der Waals surface area contributed by atoms with Crippen molar-refractivity contribution in [2.24, 2.45) is 17.3 Å². The van der Waals surface area contributed by atoms with Crippen LogP contribution in [0.3, 0.4) is 0 Å². The SMILES string of the molecule is CCNC(OC)=C(C=O)N=NC(=O)c1nc2c(n1C)CCN(C)C2. The van der Waals surface area contributed by atoms with Gasteiger partial charge in [-0.1, -0.05) is 0 Å². The summed E-state index contributed by atoms with van der Waals surface area (Å²) in [5, 5.41) is 10.2. The molecule has 1 aromatic rings.